The number of hydrogen-bond donors (Lipinski definition) is 2. The van der Waals surface area contributed by atoms with Crippen LogP contribution in [0.2, 0.25) is 0 Å². The SMILES string of the molecule is CCCC(C)OCCC(C)(NC1CC1)C(N)=O. The molecule has 0 heterocycles. The quantitative estimate of drug-likeness (QED) is 0.645. The standard InChI is InChI=1S/C13H26N2O2/c1-4-5-10(2)17-9-8-13(3,12(14)16)15-11-6-7-11/h10-11,15H,4-9H2,1-3H3,(H2,14,16). The van der Waals surface area contributed by atoms with Gasteiger partial charge in [-0.2, -0.15) is 0 Å². The second kappa shape index (κ2) is 6.36. The first kappa shape index (κ1) is 14.5. The van der Waals surface area contributed by atoms with Crippen LogP contribution in [0.15, 0.2) is 0 Å². The highest BCUT2D eigenvalue weighted by atomic mass is 16.5. The van der Waals surface area contributed by atoms with Gasteiger partial charge in [0.25, 0.3) is 0 Å². The van der Waals surface area contributed by atoms with Gasteiger partial charge < -0.3 is 15.8 Å². The fourth-order valence-electron chi connectivity index (χ4n) is 1.90. The molecule has 1 saturated carbocycles. The highest BCUT2D eigenvalue weighted by molar-refractivity contribution is 5.84. The molecule has 0 radical (unpaired) electrons. The van der Waals surface area contributed by atoms with Crippen LogP contribution in [0.3, 0.4) is 0 Å². The van der Waals surface area contributed by atoms with Gasteiger partial charge in [-0.25, -0.2) is 0 Å². The van der Waals surface area contributed by atoms with E-state index in [1.165, 1.54) is 0 Å². The smallest absolute Gasteiger partial charge is 0.237 e. The van der Waals surface area contributed by atoms with Crippen molar-refractivity contribution in [3.05, 3.63) is 0 Å². The second-order valence-corrected chi connectivity index (χ2v) is 5.34. The molecule has 2 atom stereocenters. The fourth-order valence-corrected chi connectivity index (χ4v) is 1.90. The Kier molecular flexibility index (Phi) is 5.40. The summed E-state index contributed by atoms with van der Waals surface area (Å²) < 4.78 is 5.68. The second-order valence-electron chi connectivity index (χ2n) is 5.34. The van der Waals surface area contributed by atoms with Gasteiger partial charge in [-0.1, -0.05) is 13.3 Å². The Bertz CT molecular complexity index is 254. The van der Waals surface area contributed by atoms with Crippen molar-refractivity contribution < 1.29 is 9.53 Å². The van der Waals surface area contributed by atoms with E-state index >= 15 is 0 Å². The Morgan fingerprint density at radius 1 is 1.59 bits per heavy atom. The topological polar surface area (TPSA) is 64.3 Å². The molecule has 100 valence electrons. The van der Waals surface area contributed by atoms with Crippen LogP contribution in [0, 0.1) is 0 Å². The molecule has 0 aromatic rings. The van der Waals surface area contributed by atoms with Crippen LogP contribution in [0.4, 0.5) is 0 Å². The summed E-state index contributed by atoms with van der Waals surface area (Å²) in [5, 5.41) is 3.32. The molecule has 17 heavy (non-hydrogen) atoms. The maximum atomic E-state index is 11.5. The van der Waals surface area contributed by atoms with Crippen molar-refractivity contribution in [3.63, 3.8) is 0 Å². The van der Waals surface area contributed by atoms with E-state index in [9.17, 15) is 4.79 Å². The molecule has 2 unspecified atom stereocenters. The molecule has 1 aliphatic rings. The Morgan fingerprint density at radius 2 is 2.24 bits per heavy atom. The summed E-state index contributed by atoms with van der Waals surface area (Å²) in [4.78, 5) is 11.5. The summed E-state index contributed by atoms with van der Waals surface area (Å²) in [6, 6.07) is 0.473. The normalized spacial score (nSPS) is 20.9. The van der Waals surface area contributed by atoms with E-state index in [0.717, 1.165) is 25.7 Å². The van der Waals surface area contributed by atoms with E-state index in [0.29, 0.717) is 19.1 Å². The third-order valence-corrected chi connectivity index (χ3v) is 3.34. The van der Waals surface area contributed by atoms with Crippen LogP contribution in [0.5, 0.6) is 0 Å². The van der Waals surface area contributed by atoms with Crippen LogP contribution in [0.25, 0.3) is 0 Å². The minimum Gasteiger partial charge on any atom is -0.378 e. The lowest BCUT2D eigenvalue weighted by atomic mass is 9.97. The molecule has 1 rings (SSSR count). The first-order chi connectivity index (χ1) is 7.98. The van der Waals surface area contributed by atoms with Crippen molar-refractivity contribution in [1.82, 2.24) is 5.32 Å². The molecule has 4 heteroatoms. The number of hydrogen-bond acceptors (Lipinski definition) is 3. The van der Waals surface area contributed by atoms with Crippen LogP contribution < -0.4 is 11.1 Å². The molecule has 3 N–H and O–H groups in total. The summed E-state index contributed by atoms with van der Waals surface area (Å²) in [5.74, 6) is -0.281. The number of rotatable bonds is 9. The summed E-state index contributed by atoms with van der Waals surface area (Å²) in [6.45, 7) is 6.67. The number of ether oxygens (including phenoxy) is 1. The third kappa shape index (κ3) is 5.04. The van der Waals surface area contributed by atoms with Gasteiger partial charge in [-0.05, 0) is 39.5 Å². The number of nitrogens with two attached hydrogens (primary N) is 1. The van der Waals surface area contributed by atoms with Gasteiger partial charge in [0.1, 0.15) is 0 Å². The fraction of sp³-hybridized carbons (Fsp3) is 0.923. The van der Waals surface area contributed by atoms with Crippen molar-refractivity contribution in [2.24, 2.45) is 5.73 Å². The van der Waals surface area contributed by atoms with E-state index < -0.39 is 5.54 Å². The van der Waals surface area contributed by atoms with Crippen molar-refractivity contribution in [2.45, 2.75) is 70.6 Å². The molecule has 1 fully saturated rings. The van der Waals surface area contributed by atoms with Crippen molar-refractivity contribution in [3.8, 4) is 0 Å². The number of nitrogens with one attached hydrogen (secondary N) is 1. The Balaban J connectivity index is 2.30. The Labute approximate surface area is 104 Å². The first-order valence-electron chi connectivity index (χ1n) is 6.67. The number of primary amides is 1. The van der Waals surface area contributed by atoms with Gasteiger partial charge in [0, 0.05) is 12.6 Å². The minimum absolute atomic E-state index is 0.262. The van der Waals surface area contributed by atoms with Crippen molar-refractivity contribution in [1.29, 1.82) is 0 Å². The summed E-state index contributed by atoms with van der Waals surface area (Å²) in [6.07, 6.45) is 5.38. The van der Waals surface area contributed by atoms with Gasteiger partial charge in [0.05, 0.1) is 11.6 Å². The Hall–Kier alpha value is -0.610. The maximum absolute atomic E-state index is 11.5. The lowest BCUT2D eigenvalue weighted by Gasteiger charge is -2.28. The van der Waals surface area contributed by atoms with Crippen molar-refractivity contribution in [2.75, 3.05) is 6.61 Å². The number of carbonyl (C=O) groups is 1. The van der Waals surface area contributed by atoms with E-state index in [1.807, 2.05) is 6.92 Å². The van der Waals surface area contributed by atoms with Crippen LogP contribution in [-0.4, -0.2) is 30.2 Å². The average molecular weight is 242 g/mol. The van der Waals surface area contributed by atoms with Gasteiger partial charge in [-0.15, -0.1) is 0 Å². The average Bonchev–Trinajstić information content (AvgIpc) is 3.01. The first-order valence-corrected chi connectivity index (χ1v) is 6.67. The zero-order valence-electron chi connectivity index (χ0n) is 11.3. The van der Waals surface area contributed by atoms with E-state index in [2.05, 4.69) is 19.2 Å². The largest absolute Gasteiger partial charge is 0.378 e. The lowest BCUT2D eigenvalue weighted by molar-refractivity contribution is -0.125. The molecule has 0 bridgehead atoms. The summed E-state index contributed by atoms with van der Waals surface area (Å²) >= 11 is 0. The van der Waals surface area contributed by atoms with E-state index in [-0.39, 0.29) is 12.0 Å². The molecule has 1 amide bonds. The molecule has 0 aliphatic heterocycles. The lowest BCUT2D eigenvalue weighted by Crippen LogP contribution is -2.54. The summed E-state index contributed by atoms with van der Waals surface area (Å²) in [5.41, 5.74) is 4.85. The molecule has 4 nitrogen and oxygen atoms in total. The summed E-state index contributed by atoms with van der Waals surface area (Å²) in [7, 11) is 0. The number of amides is 1. The third-order valence-electron chi connectivity index (χ3n) is 3.34. The highest BCUT2D eigenvalue weighted by Crippen LogP contribution is 2.24. The minimum atomic E-state index is -0.618. The predicted molar refractivity (Wildman–Crippen MR) is 68.7 cm³/mol. The molecular weight excluding hydrogens is 216 g/mol. The molecule has 0 aromatic heterocycles. The monoisotopic (exact) mass is 242 g/mol. The molecule has 0 aromatic carbocycles. The van der Waals surface area contributed by atoms with Crippen LogP contribution >= 0.6 is 0 Å². The van der Waals surface area contributed by atoms with E-state index in [1.54, 1.807) is 0 Å². The van der Waals surface area contributed by atoms with Gasteiger partial charge in [-0.3, -0.25) is 4.79 Å². The van der Waals surface area contributed by atoms with Crippen LogP contribution in [-0.2, 0) is 9.53 Å². The zero-order valence-corrected chi connectivity index (χ0v) is 11.3. The van der Waals surface area contributed by atoms with Crippen LogP contribution in [0.1, 0.15) is 52.9 Å². The highest BCUT2D eigenvalue weighted by Gasteiger charge is 2.36. The molecule has 0 spiro atoms. The Morgan fingerprint density at radius 3 is 2.71 bits per heavy atom. The van der Waals surface area contributed by atoms with E-state index in [4.69, 9.17) is 10.5 Å². The predicted octanol–water partition coefficient (Wildman–Crippen LogP) is 1.58. The molecule has 1 aliphatic carbocycles. The zero-order chi connectivity index (χ0) is 12.9. The van der Waals surface area contributed by atoms with Gasteiger partial charge in [0.15, 0.2) is 0 Å². The van der Waals surface area contributed by atoms with Gasteiger partial charge in [0.2, 0.25) is 5.91 Å². The molecular formula is C13H26N2O2. The molecule has 0 saturated heterocycles. The number of carbonyl (C=O) groups excluding carboxylic acids is 1. The van der Waals surface area contributed by atoms with Crippen molar-refractivity contribution >= 4 is 5.91 Å². The maximum Gasteiger partial charge on any atom is 0.237 e. The van der Waals surface area contributed by atoms with Gasteiger partial charge >= 0.3 is 0 Å².